The van der Waals surface area contributed by atoms with Crippen LogP contribution in [0.3, 0.4) is 0 Å². The van der Waals surface area contributed by atoms with Crippen LogP contribution in [-0.2, 0) is 6.18 Å². The Bertz CT molecular complexity index is 701. The van der Waals surface area contributed by atoms with E-state index in [1.165, 1.54) is 6.07 Å². The van der Waals surface area contributed by atoms with E-state index in [2.05, 4.69) is 10.6 Å². The molecule has 0 saturated carbocycles. The van der Waals surface area contributed by atoms with Gasteiger partial charge in [0.2, 0.25) is 0 Å². The molecule has 0 fully saturated rings. The second kappa shape index (κ2) is 6.54. The predicted octanol–water partition coefficient (Wildman–Crippen LogP) is 5.48. The van der Waals surface area contributed by atoms with Gasteiger partial charge in [-0.25, -0.2) is 0 Å². The van der Waals surface area contributed by atoms with E-state index in [9.17, 15) is 13.2 Å². The average molecular weight is 345 g/mol. The van der Waals surface area contributed by atoms with Crippen molar-refractivity contribution in [1.82, 2.24) is 0 Å². The van der Waals surface area contributed by atoms with Crippen molar-refractivity contribution in [3.8, 4) is 0 Å². The fourth-order valence-electron chi connectivity index (χ4n) is 1.80. The summed E-state index contributed by atoms with van der Waals surface area (Å²) >= 11 is 11.0. The SMILES string of the molecule is Cc1cccc(NC(=S)Nc2cc(C(F)(F)F)ccc2Cl)c1. The van der Waals surface area contributed by atoms with Gasteiger partial charge in [-0.3, -0.25) is 0 Å². The molecule has 0 heterocycles. The summed E-state index contributed by atoms with van der Waals surface area (Å²) in [6, 6.07) is 10.5. The van der Waals surface area contributed by atoms with Gasteiger partial charge in [-0.15, -0.1) is 0 Å². The third kappa shape index (κ3) is 4.35. The van der Waals surface area contributed by atoms with E-state index in [0.717, 1.165) is 23.4 Å². The Morgan fingerprint density at radius 1 is 1.09 bits per heavy atom. The van der Waals surface area contributed by atoms with Gasteiger partial charge in [0.15, 0.2) is 5.11 Å². The number of rotatable bonds is 2. The van der Waals surface area contributed by atoms with Crippen molar-refractivity contribution in [2.75, 3.05) is 10.6 Å². The quantitative estimate of drug-likeness (QED) is 0.706. The molecule has 0 atom stereocenters. The first kappa shape index (κ1) is 16.6. The lowest BCUT2D eigenvalue weighted by molar-refractivity contribution is -0.137. The molecular formula is C15H12ClF3N2S. The number of halogens is 4. The molecule has 0 aliphatic rings. The molecule has 2 aromatic carbocycles. The number of benzene rings is 2. The molecule has 2 N–H and O–H groups in total. The zero-order chi connectivity index (χ0) is 16.3. The molecule has 7 heteroatoms. The van der Waals surface area contributed by atoms with E-state index in [1.807, 2.05) is 25.1 Å². The molecule has 0 saturated heterocycles. The molecule has 22 heavy (non-hydrogen) atoms. The third-order valence-corrected chi connectivity index (χ3v) is 3.35. The number of hydrogen-bond donors (Lipinski definition) is 2. The summed E-state index contributed by atoms with van der Waals surface area (Å²) in [5.74, 6) is 0. The number of alkyl halides is 3. The van der Waals surface area contributed by atoms with E-state index in [4.69, 9.17) is 23.8 Å². The molecular weight excluding hydrogens is 333 g/mol. The highest BCUT2D eigenvalue weighted by molar-refractivity contribution is 7.80. The molecule has 116 valence electrons. The first-order valence-electron chi connectivity index (χ1n) is 6.27. The first-order chi connectivity index (χ1) is 10.3. The molecule has 0 aliphatic carbocycles. The number of anilines is 2. The van der Waals surface area contributed by atoms with Crippen molar-refractivity contribution in [2.24, 2.45) is 0 Å². The van der Waals surface area contributed by atoms with Gasteiger partial charge in [0.1, 0.15) is 0 Å². The fraction of sp³-hybridized carbons (Fsp3) is 0.133. The van der Waals surface area contributed by atoms with Gasteiger partial charge in [0.05, 0.1) is 16.3 Å². The summed E-state index contributed by atoms with van der Waals surface area (Å²) in [6.07, 6.45) is -4.44. The second-order valence-corrected chi connectivity index (χ2v) is 5.46. The van der Waals surface area contributed by atoms with Gasteiger partial charge in [0, 0.05) is 5.69 Å². The molecule has 0 spiro atoms. The van der Waals surface area contributed by atoms with Crippen LogP contribution in [0.2, 0.25) is 5.02 Å². The van der Waals surface area contributed by atoms with Crippen LogP contribution in [0.5, 0.6) is 0 Å². The summed E-state index contributed by atoms with van der Waals surface area (Å²) in [7, 11) is 0. The predicted molar refractivity (Wildman–Crippen MR) is 87.5 cm³/mol. The van der Waals surface area contributed by atoms with Crippen LogP contribution in [0.25, 0.3) is 0 Å². The van der Waals surface area contributed by atoms with Crippen LogP contribution in [0.1, 0.15) is 11.1 Å². The minimum atomic E-state index is -4.44. The summed E-state index contributed by atoms with van der Waals surface area (Å²) in [4.78, 5) is 0. The Labute approximate surface area is 136 Å². The van der Waals surface area contributed by atoms with Crippen molar-refractivity contribution in [3.63, 3.8) is 0 Å². The molecule has 2 nitrogen and oxygen atoms in total. The van der Waals surface area contributed by atoms with E-state index >= 15 is 0 Å². The molecule has 0 aromatic heterocycles. The smallest absolute Gasteiger partial charge is 0.332 e. The highest BCUT2D eigenvalue weighted by Gasteiger charge is 2.31. The Morgan fingerprint density at radius 3 is 2.45 bits per heavy atom. The van der Waals surface area contributed by atoms with Crippen molar-refractivity contribution in [1.29, 1.82) is 0 Å². The van der Waals surface area contributed by atoms with E-state index in [-0.39, 0.29) is 15.8 Å². The van der Waals surface area contributed by atoms with Gasteiger partial charge in [0.25, 0.3) is 0 Å². The largest absolute Gasteiger partial charge is 0.416 e. The van der Waals surface area contributed by atoms with Crippen molar-refractivity contribution < 1.29 is 13.2 Å². The molecule has 0 bridgehead atoms. The number of thiocarbonyl (C=S) groups is 1. The maximum atomic E-state index is 12.7. The summed E-state index contributed by atoms with van der Waals surface area (Å²) in [6.45, 7) is 1.92. The maximum absolute atomic E-state index is 12.7. The number of nitrogens with one attached hydrogen (secondary N) is 2. The molecule has 0 amide bonds. The summed E-state index contributed by atoms with van der Waals surface area (Å²) < 4.78 is 38.1. The third-order valence-electron chi connectivity index (χ3n) is 2.82. The van der Waals surface area contributed by atoms with Gasteiger partial charge >= 0.3 is 6.18 Å². The molecule has 0 aliphatic heterocycles. The first-order valence-corrected chi connectivity index (χ1v) is 7.06. The standard InChI is InChI=1S/C15H12ClF3N2S/c1-9-3-2-4-11(7-9)20-14(22)21-13-8-10(15(17,18)19)5-6-12(13)16/h2-8H,1H3,(H2,20,21,22). The lowest BCUT2D eigenvalue weighted by Crippen LogP contribution is -2.19. The Hall–Kier alpha value is -1.79. The highest BCUT2D eigenvalue weighted by atomic mass is 35.5. The molecule has 0 unspecified atom stereocenters. The van der Waals surface area contributed by atoms with Crippen LogP contribution in [0.15, 0.2) is 42.5 Å². The zero-order valence-corrected chi connectivity index (χ0v) is 13.0. The van der Waals surface area contributed by atoms with Crippen LogP contribution in [0.4, 0.5) is 24.5 Å². The van der Waals surface area contributed by atoms with Crippen molar-refractivity contribution in [2.45, 2.75) is 13.1 Å². The van der Waals surface area contributed by atoms with Crippen LogP contribution in [0, 0.1) is 6.92 Å². The lowest BCUT2D eigenvalue weighted by atomic mass is 10.2. The zero-order valence-electron chi connectivity index (χ0n) is 11.5. The van der Waals surface area contributed by atoms with E-state index in [0.29, 0.717) is 0 Å². The lowest BCUT2D eigenvalue weighted by Gasteiger charge is -2.14. The Kier molecular flexibility index (Phi) is 4.93. The van der Waals surface area contributed by atoms with Crippen molar-refractivity contribution in [3.05, 3.63) is 58.6 Å². The Morgan fingerprint density at radius 2 is 1.82 bits per heavy atom. The molecule has 0 radical (unpaired) electrons. The minimum Gasteiger partial charge on any atom is -0.332 e. The molecule has 2 aromatic rings. The van der Waals surface area contributed by atoms with Crippen molar-refractivity contribution >= 4 is 40.3 Å². The average Bonchev–Trinajstić information content (AvgIpc) is 2.40. The highest BCUT2D eigenvalue weighted by Crippen LogP contribution is 2.33. The monoisotopic (exact) mass is 344 g/mol. The van der Waals surface area contributed by atoms with Crippen LogP contribution in [-0.4, -0.2) is 5.11 Å². The van der Waals surface area contributed by atoms with Crippen LogP contribution >= 0.6 is 23.8 Å². The van der Waals surface area contributed by atoms with Gasteiger partial charge < -0.3 is 10.6 Å². The molecule has 2 rings (SSSR count). The Balaban J connectivity index is 2.14. The topological polar surface area (TPSA) is 24.1 Å². The van der Waals surface area contributed by atoms with Crippen LogP contribution < -0.4 is 10.6 Å². The van der Waals surface area contributed by atoms with Gasteiger partial charge in [-0.2, -0.15) is 13.2 Å². The minimum absolute atomic E-state index is 0.0987. The van der Waals surface area contributed by atoms with Gasteiger partial charge in [-0.1, -0.05) is 23.7 Å². The van der Waals surface area contributed by atoms with Gasteiger partial charge in [-0.05, 0) is 55.0 Å². The normalized spacial score (nSPS) is 11.1. The van der Waals surface area contributed by atoms with E-state index in [1.54, 1.807) is 6.07 Å². The number of hydrogen-bond acceptors (Lipinski definition) is 1. The summed E-state index contributed by atoms with van der Waals surface area (Å²) in [5, 5.41) is 5.89. The maximum Gasteiger partial charge on any atom is 0.416 e. The second-order valence-electron chi connectivity index (χ2n) is 4.64. The number of aryl methyl sites for hydroxylation is 1. The summed E-state index contributed by atoms with van der Waals surface area (Å²) in [5.41, 5.74) is 1.07. The fourth-order valence-corrected chi connectivity index (χ4v) is 2.20. The van der Waals surface area contributed by atoms with E-state index < -0.39 is 11.7 Å².